The third kappa shape index (κ3) is 53.5. The van der Waals surface area contributed by atoms with Crippen LogP contribution in [0.5, 0.6) is 0 Å². The number of unbranched alkanes of at least 4 members (excludes halogenated alkanes) is 20. The van der Waals surface area contributed by atoms with E-state index in [1.165, 1.54) is 57.8 Å². The van der Waals surface area contributed by atoms with Crippen LogP contribution in [0.1, 0.15) is 233 Å². The van der Waals surface area contributed by atoms with Crippen molar-refractivity contribution in [3.63, 3.8) is 0 Å². The Balaban J connectivity index is 5.38. The zero-order valence-electron chi connectivity index (χ0n) is 48.3. The van der Waals surface area contributed by atoms with Gasteiger partial charge in [0.05, 0.1) is 33.8 Å². The van der Waals surface area contributed by atoms with Gasteiger partial charge in [-0.1, -0.05) is 220 Å². The molecule has 0 bridgehead atoms. The van der Waals surface area contributed by atoms with Crippen molar-refractivity contribution in [3.8, 4) is 0 Å². The molecule has 0 aliphatic rings. The fraction of sp³-hybridized carbons (Fsp3) is 0.688. The lowest BCUT2D eigenvalue weighted by atomic mass is 10.0. The minimum Gasteiger partial charge on any atom is -0.456 e. The average molecular weight is 1050 g/mol. The number of nitrogens with one attached hydrogen (secondary N) is 1. The number of allylic oxidation sites excluding steroid dienone is 17. The molecule has 2 N–H and O–H groups in total. The maximum Gasteiger partial charge on any atom is 0.472 e. The Labute approximate surface area is 455 Å². The smallest absolute Gasteiger partial charge is 0.456 e. The monoisotopic (exact) mass is 1050 g/mol. The van der Waals surface area contributed by atoms with Gasteiger partial charge in [0, 0.05) is 12.8 Å². The van der Waals surface area contributed by atoms with E-state index in [-0.39, 0.29) is 31.5 Å². The largest absolute Gasteiger partial charge is 0.472 e. The van der Waals surface area contributed by atoms with Gasteiger partial charge in [0.1, 0.15) is 19.3 Å². The number of hydrogen-bond acceptors (Lipinski definition) is 6. The lowest BCUT2D eigenvalue weighted by Gasteiger charge is -2.27. The third-order valence-corrected chi connectivity index (χ3v) is 13.4. The molecular formula is C64H112N2O7P+. The molecule has 1 amide bonds. The fourth-order valence-electron chi connectivity index (χ4n) is 7.92. The van der Waals surface area contributed by atoms with Crippen molar-refractivity contribution < 1.29 is 37.3 Å². The summed E-state index contributed by atoms with van der Waals surface area (Å²) < 4.78 is 30.6. The molecule has 0 fully saturated rings. The number of hydrogen-bond donors (Lipinski definition) is 2. The van der Waals surface area contributed by atoms with Crippen LogP contribution >= 0.6 is 7.82 Å². The molecule has 0 heterocycles. The molecule has 0 aliphatic carbocycles. The Bertz CT molecular complexity index is 1640. The summed E-state index contributed by atoms with van der Waals surface area (Å²) in [7, 11) is 1.45. The summed E-state index contributed by atoms with van der Waals surface area (Å²) in [4.78, 5) is 37.6. The van der Waals surface area contributed by atoms with Gasteiger partial charge in [0.15, 0.2) is 0 Å². The number of quaternary nitrogens is 1. The summed E-state index contributed by atoms with van der Waals surface area (Å²) >= 11 is 0. The van der Waals surface area contributed by atoms with Gasteiger partial charge in [0.25, 0.3) is 0 Å². The Morgan fingerprint density at radius 1 is 0.486 bits per heavy atom. The lowest BCUT2D eigenvalue weighted by molar-refractivity contribution is -0.870. The number of carbonyl (C=O) groups is 2. The van der Waals surface area contributed by atoms with Crippen molar-refractivity contribution in [2.24, 2.45) is 0 Å². The number of ether oxygens (including phenoxy) is 1. The molecule has 0 saturated carbocycles. The Morgan fingerprint density at radius 2 is 0.865 bits per heavy atom. The number of carbonyl (C=O) groups excluding carboxylic acids is 2. The molecule has 0 aromatic carbocycles. The summed E-state index contributed by atoms with van der Waals surface area (Å²) in [5.41, 5.74) is 0. The first-order valence-electron chi connectivity index (χ1n) is 29.7. The molecule has 3 unspecified atom stereocenters. The zero-order valence-corrected chi connectivity index (χ0v) is 49.2. The molecule has 0 aromatic rings. The van der Waals surface area contributed by atoms with E-state index in [1.807, 2.05) is 33.3 Å². The molecule has 9 nitrogen and oxygen atoms in total. The van der Waals surface area contributed by atoms with Crippen molar-refractivity contribution in [3.05, 3.63) is 109 Å². The van der Waals surface area contributed by atoms with E-state index in [4.69, 9.17) is 13.8 Å². The molecule has 424 valence electrons. The van der Waals surface area contributed by atoms with E-state index in [1.54, 1.807) is 0 Å². The number of nitrogens with zero attached hydrogens (tertiary/aromatic N) is 1. The molecule has 3 atom stereocenters. The quantitative estimate of drug-likeness (QED) is 0.0205. The van der Waals surface area contributed by atoms with E-state index in [2.05, 4.69) is 123 Å². The summed E-state index contributed by atoms with van der Waals surface area (Å²) in [5, 5.41) is 3.03. The van der Waals surface area contributed by atoms with Crippen LogP contribution in [0.25, 0.3) is 0 Å². The molecule has 0 saturated heterocycles. The maximum absolute atomic E-state index is 13.5. The van der Waals surface area contributed by atoms with E-state index in [0.717, 1.165) is 135 Å². The minimum absolute atomic E-state index is 0.0265. The van der Waals surface area contributed by atoms with Crippen LogP contribution in [0.3, 0.4) is 0 Å². The number of phosphoric ester groups is 1. The van der Waals surface area contributed by atoms with Crippen LogP contribution in [-0.4, -0.2) is 74.3 Å². The lowest BCUT2D eigenvalue weighted by Crippen LogP contribution is -2.47. The van der Waals surface area contributed by atoms with Gasteiger partial charge >= 0.3 is 13.8 Å². The predicted octanol–water partition coefficient (Wildman–Crippen LogP) is 18.2. The van der Waals surface area contributed by atoms with Crippen LogP contribution in [0.2, 0.25) is 0 Å². The standard InChI is InChI=1S/C64H111N2O7P/c1-7-10-13-16-19-22-25-28-30-31-32-33-34-35-36-38-41-44-47-50-53-56-63(67)65-61(60-72-74(69,70)71-59-58-66(4,5)6)62(55-52-49-46-43-40-37-27-24-21-18-15-12-9-3)73-64(68)57-54-51-48-45-42-39-29-26-23-20-17-14-11-8-2/h10-11,13-14,19-20,22-23,28-30,32-33,35-36,39,52,55,61-62H,7-9,12,15-18,21,24-27,31,34,37-38,40-51,53-54,56-60H2,1-6H3,(H-,65,67,69,70)/p+1/b13-10-,14-11+,22-19-,23-20+,30-28-,33-32-,36-35-,39-29+,55-52-. The van der Waals surface area contributed by atoms with Gasteiger partial charge < -0.3 is 19.4 Å². The Kier molecular flexibility index (Phi) is 50.7. The van der Waals surface area contributed by atoms with Crippen molar-refractivity contribution in [1.29, 1.82) is 0 Å². The molecule has 10 heteroatoms. The van der Waals surface area contributed by atoms with Crippen molar-refractivity contribution in [2.45, 2.75) is 245 Å². The van der Waals surface area contributed by atoms with E-state index in [9.17, 15) is 19.0 Å². The highest BCUT2D eigenvalue weighted by Crippen LogP contribution is 2.43. The van der Waals surface area contributed by atoms with Crippen LogP contribution in [0, 0.1) is 0 Å². The van der Waals surface area contributed by atoms with Crippen molar-refractivity contribution in [2.75, 3.05) is 40.9 Å². The SMILES string of the molecule is CC/C=C\C/C=C\C/C=C\C/C=C\C/C=C\CCCCCCCC(=O)NC(COP(=O)(O)OCC[N+](C)(C)C)C(/C=C\CCCCCCCCCCCCC)OC(=O)CCCCCC/C=C/C/C=C/C/C=C/CC. The third-order valence-electron chi connectivity index (χ3n) is 12.5. The Morgan fingerprint density at radius 3 is 1.30 bits per heavy atom. The van der Waals surface area contributed by atoms with Gasteiger partial charge in [0.2, 0.25) is 5.91 Å². The fourth-order valence-corrected chi connectivity index (χ4v) is 8.66. The molecule has 0 spiro atoms. The Hall–Kier alpha value is -3.33. The van der Waals surface area contributed by atoms with Crippen LogP contribution in [-0.2, 0) is 27.9 Å². The van der Waals surface area contributed by atoms with Gasteiger partial charge in [-0.15, -0.1) is 0 Å². The zero-order chi connectivity index (χ0) is 54.3. The predicted molar refractivity (Wildman–Crippen MR) is 318 cm³/mol. The summed E-state index contributed by atoms with van der Waals surface area (Å²) in [6.07, 6.45) is 72.2. The number of esters is 1. The van der Waals surface area contributed by atoms with Crippen molar-refractivity contribution >= 4 is 19.7 Å². The van der Waals surface area contributed by atoms with E-state index < -0.39 is 20.0 Å². The van der Waals surface area contributed by atoms with Crippen LogP contribution < -0.4 is 5.32 Å². The molecule has 0 aliphatic heterocycles. The van der Waals surface area contributed by atoms with E-state index in [0.29, 0.717) is 23.9 Å². The topological polar surface area (TPSA) is 111 Å². The average Bonchev–Trinajstić information content (AvgIpc) is 3.36. The second-order valence-corrected chi connectivity index (χ2v) is 22.2. The second kappa shape index (κ2) is 53.1. The number of likely N-dealkylation sites (N-methyl/N-ethyl adjacent to an activating group) is 1. The minimum atomic E-state index is -4.46. The number of rotatable bonds is 52. The highest BCUT2D eigenvalue weighted by Gasteiger charge is 2.30. The van der Waals surface area contributed by atoms with Crippen LogP contribution in [0.4, 0.5) is 0 Å². The van der Waals surface area contributed by atoms with E-state index >= 15 is 0 Å². The summed E-state index contributed by atoms with van der Waals surface area (Å²) in [5.74, 6) is -0.560. The normalized spacial score (nSPS) is 14.5. The van der Waals surface area contributed by atoms with Crippen LogP contribution in [0.15, 0.2) is 109 Å². The second-order valence-electron chi connectivity index (χ2n) is 20.8. The molecule has 0 aromatic heterocycles. The summed E-state index contributed by atoms with van der Waals surface area (Å²) in [6.45, 7) is 6.74. The highest BCUT2D eigenvalue weighted by molar-refractivity contribution is 7.47. The first-order chi connectivity index (χ1) is 35.9. The number of amides is 1. The first-order valence-corrected chi connectivity index (χ1v) is 31.2. The van der Waals surface area contributed by atoms with Gasteiger partial charge in [-0.3, -0.25) is 18.6 Å². The van der Waals surface area contributed by atoms with Crippen molar-refractivity contribution in [1.82, 2.24) is 5.32 Å². The molecule has 74 heavy (non-hydrogen) atoms. The number of phosphoric acid groups is 1. The highest BCUT2D eigenvalue weighted by atomic mass is 31.2. The van der Waals surface area contributed by atoms with Gasteiger partial charge in [-0.25, -0.2) is 4.57 Å². The molecule has 0 radical (unpaired) electrons. The van der Waals surface area contributed by atoms with Gasteiger partial charge in [-0.05, 0) is 109 Å². The molecule has 0 rings (SSSR count). The maximum atomic E-state index is 13.5. The summed E-state index contributed by atoms with van der Waals surface area (Å²) in [6, 6.07) is -0.875. The first kappa shape index (κ1) is 70.7. The molecular weight excluding hydrogens is 940 g/mol. The van der Waals surface area contributed by atoms with Gasteiger partial charge in [-0.2, -0.15) is 0 Å².